The molecule has 1 aliphatic carbocycles. The van der Waals surface area contributed by atoms with Crippen molar-refractivity contribution in [3.05, 3.63) is 118 Å². The number of rotatable bonds is 14. The van der Waals surface area contributed by atoms with Crippen molar-refractivity contribution in [2.45, 2.75) is 77.6 Å². The molecule has 0 radical (unpaired) electrons. The molecule has 0 aliphatic heterocycles. The van der Waals surface area contributed by atoms with E-state index in [1.807, 2.05) is 12.1 Å². The highest BCUT2D eigenvalue weighted by Crippen LogP contribution is 2.56. The van der Waals surface area contributed by atoms with Crippen molar-refractivity contribution in [3.8, 4) is 29.3 Å². The second-order valence-corrected chi connectivity index (χ2v) is 18.1. The monoisotopic (exact) mass is 826 g/mol. The van der Waals surface area contributed by atoms with E-state index in [1.54, 1.807) is 45.3 Å². The SMILES string of the molecule is C=C=C=C=C=C=C=C=C=C=C=Cc1c(-c2ccc(Br)s2)sc2c1C(=O)c1c-2sc(-c2ccc(Br)s2)c1CCCCCCCCCCCC. The third-order valence-electron chi connectivity index (χ3n) is 7.80. The third kappa shape index (κ3) is 9.15. The van der Waals surface area contributed by atoms with Crippen molar-refractivity contribution in [2.24, 2.45) is 0 Å². The van der Waals surface area contributed by atoms with Gasteiger partial charge in [0.25, 0.3) is 0 Å². The molecule has 1 aliphatic rings. The molecule has 5 rings (SSSR count). The lowest BCUT2D eigenvalue weighted by Crippen LogP contribution is -2.01. The van der Waals surface area contributed by atoms with E-state index in [9.17, 15) is 4.79 Å². The van der Waals surface area contributed by atoms with E-state index in [0.29, 0.717) is 0 Å². The molecule has 48 heavy (non-hydrogen) atoms. The number of carbonyl (C=O) groups is 1. The number of ketones is 1. The van der Waals surface area contributed by atoms with Gasteiger partial charge >= 0.3 is 0 Å². The predicted octanol–water partition coefficient (Wildman–Crippen LogP) is 14.7. The summed E-state index contributed by atoms with van der Waals surface area (Å²) in [7, 11) is 0. The lowest BCUT2D eigenvalue weighted by Gasteiger charge is -2.07. The number of fused-ring (bicyclic) bond motifs is 3. The second-order valence-electron chi connectivity index (χ2n) is 11.1. The van der Waals surface area contributed by atoms with E-state index in [0.717, 1.165) is 56.6 Å². The molecule has 0 aromatic carbocycles. The number of thiophene rings is 4. The van der Waals surface area contributed by atoms with Crippen LogP contribution in [-0.2, 0) is 6.42 Å². The maximum absolute atomic E-state index is 14.5. The first-order chi connectivity index (χ1) is 23.5. The number of hydrogen-bond donors (Lipinski definition) is 0. The Bertz CT molecular complexity index is 2210. The fourth-order valence-corrected chi connectivity index (χ4v) is 11.4. The van der Waals surface area contributed by atoms with Crippen LogP contribution in [0, 0.1) is 0 Å². The van der Waals surface area contributed by atoms with Gasteiger partial charge in [0.2, 0.25) is 0 Å². The van der Waals surface area contributed by atoms with Gasteiger partial charge in [-0.25, -0.2) is 0 Å². The van der Waals surface area contributed by atoms with Crippen LogP contribution in [0.15, 0.2) is 95.7 Å². The van der Waals surface area contributed by atoms with Crippen LogP contribution >= 0.6 is 77.2 Å². The van der Waals surface area contributed by atoms with Crippen LogP contribution in [0.1, 0.15) is 98.2 Å². The Balaban J connectivity index is 1.49. The molecule has 0 spiro atoms. The van der Waals surface area contributed by atoms with Crippen molar-refractivity contribution < 1.29 is 4.79 Å². The van der Waals surface area contributed by atoms with Crippen LogP contribution < -0.4 is 0 Å². The molecule has 240 valence electrons. The van der Waals surface area contributed by atoms with Crippen LogP contribution in [0.3, 0.4) is 0 Å². The van der Waals surface area contributed by atoms with Crippen molar-refractivity contribution in [1.82, 2.24) is 0 Å². The average molecular weight is 829 g/mol. The van der Waals surface area contributed by atoms with Gasteiger partial charge in [0, 0.05) is 25.8 Å². The lowest BCUT2D eigenvalue weighted by molar-refractivity contribution is 0.104. The van der Waals surface area contributed by atoms with Crippen LogP contribution in [0.5, 0.6) is 0 Å². The molecule has 0 saturated carbocycles. The Morgan fingerprint density at radius 3 is 1.73 bits per heavy atom. The number of halogens is 2. The minimum absolute atomic E-state index is 0.118. The molecule has 7 heteroatoms. The minimum atomic E-state index is 0.118. The van der Waals surface area contributed by atoms with E-state index in [-0.39, 0.29) is 5.78 Å². The molecule has 0 unspecified atom stereocenters. The largest absolute Gasteiger partial charge is 0.288 e. The third-order valence-corrected chi connectivity index (χ3v) is 14.0. The van der Waals surface area contributed by atoms with Gasteiger partial charge in [0.15, 0.2) is 5.78 Å². The summed E-state index contributed by atoms with van der Waals surface area (Å²) in [6, 6.07) is 8.43. The summed E-state index contributed by atoms with van der Waals surface area (Å²) in [5.41, 5.74) is 30.6. The highest BCUT2D eigenvalue weighted by molar-refractivity contribution is 9.11. The summed E-state index contributed by atoms with van der Waals surface area (Å²) in [5, 5.41) is 0. The molecule has 4 aromatic heterocycles. The molecule has 0 saturated heterocycles. The number of unbranched alkanes of at least 4 members (excludes halogenated alkanes) is 9. The van der Waals surface area contributed by atoms with Gasteiger partial charge in [-0.2, -0.15) is 0 Å². The normalized spacial score (nSPS) is 10.6. The van der Waals surface area contributed by atoms with Crippen LogP contribution in [0.2, 0.25) is 0 Å². The van der Waals surface area contributed by atoms with Gasteiger partial charge in [0.05, 0.1) is 27.8 Å². The summed E-state index contributed by atoms with van der Waals surface area (Å²) in [4.78, 5) is 21.2. The topological polar surface area (TPSA) is 17.1 Å². The summed E-state index contributed by atoms with van der Waals surface area (Å²) < 4.78 is 2.15. The fraction of sp³-hybridized carbons (Fsp3) is 0.293. The van der Waals surface area contributed by atoms with Gasteiger partial charge in [-0.15, -0.1) is 45.3 Å². The lowest BCUT2D eigenvalue weighted by atomic mass is 9.97. The highest BCUT2D eigenvalue weighted by atomic mass is 79.9. The van der Waals surface area contributed by atoms with Crippen LogP contribution in [0.4, 0.5) is 0 Å². The minimum Gasteiger partial charge on any atom is -0.288 e. The van der Waals surface area contributed by atoms with Crippen molar-refractivity contribution in [1.29, 1.82) is 0 Å². The van der Waals surface area contributed by atoms with E-state index in [4.69, 9.17) is 0 Å². The molecule has 4 aromatic rings. The van der Waals surface area contributed by atoms with Crippen LogP contribution in [0.25, 0.3) is 35.3 Å². The quantitative estimate of drug-likeness (QED) is 0.0805. The molecular formula is C41H32Br2OS4. The van der Waals surface area contributed by atoms with Gasteiger partial charge < -0.3 is 0 Å². The molecule has 4 heterocycles. The van der Waals surface area contributed by atoms with Crippen molar-refractivity contribution in [2.75, 3.05) is 0 Å². The summed E-state index contributed by atoms with van der Waals surface area (Å²) >= 11 is 14.1. The average Bonchev–Trinajstić information content (AvgIpc) is 3.90. The Morgan fingerprint density at radius 2 is 1.15 bits per heavy atom. The summed E-state index contributed by atoms with van der Waals surface area (Å²) in [5.74, 6) is 0.118. The van der Waals surface area contributed by atoms with Gasteiger partial charge in [0.1, 0.15) is 0 Å². The van der Waals surface area contributed by atoms with Gasteiger partial charge in [-0.3, -0.25) is 4.79 Å². The molecular weight excluding hydrogens is 797 g/mol. The molecule has 0 amide bonds. The molecule has 0 N–H and O–H groups in total. The van der Waals surface area contributed by atoms with E-state index in [2.05, 4.69) is 121 Å². The Morgan fingerprint density at radius 1 is 0.625 bits per heavy atom. The van der Waals surface area contributed by atoms with E-state index in [1.165, 1.54) is 73.1 Å². The maximum atomic E-state index is 14.5. The number of carbonyl (C=O) groups excluding carboxylic acids is 1. The van der Waals surface area contributed by atoms with Crippen LogP contribution in [-0.4, -0.2) is 5.78 Å². The second kappa shape index (κ2) is 18.7. The molecule has 0 atom stereocenters. The first-order valence-electron chi connectivity index (χ1n) is 16.0. The summed E-state index contributed by atoms with van der Waals surface area (Å²) in [6.07, 6.45) is 15.7. The Kier molecular flexibility index (Phi) is 14.1. The molecule has 0 fully saturated rings. The van der Waals surface area contributed by atoms with E-state index < -0.39 is 0 Å². The standard InChI is InChI=1S/C41H32Br2OS4/c1-3-5-7-9-11-13-15-17-19-21-23-29-35-37(44)36-30(24-22-20-18-16-14-12-10-8-6-4-2)39(32-26-28-34(43)46-32)48-41(36)40(35)47-38(29)31-25-27-33(42)45-31/h23,25-28H,1,4,6,8,10,12,14,16,18,20,22,24H2,2H3. The Hall–Kier alpha value is -3.03. The number of hydrogen-bond acceptors (Lipinski definition) is 5. The highest BCUT2D eigenvalue weighted by Gasteiger charge is 2.38. The first kappa shape index (κ1) is 36.3. The molecule has 1 nitrogen and oxygen atoms in total. The zero-order valence-electron chi connectivity index (χ0n) is 26.7. The zero-order chi connectivity index (χ0) is 33.7. The predicted molar refractivity (Wildman–Crippen MR) is 214 cm³/mol. The van der Waals surface area contributed by atoms with E-state index >= 15 is 0 Å². The first-order valence-corrected chi connectivity index (χ1v) is 20.9. The van der Waals surface area contributed by atoms with Crippen molar-refractivity contribution in [3.63, 3.8) is 0 Å². The zero-order valence-corrected chi connectivity index (χ0v) is 33.1. The smallest absolute Gasteiger partial charge is 0.196 e. The van der Waals surface area contributed by atoms with Gasteiger partial charge in [-0.1, -0.05) is 76.2 Å². The Labute approximate surface area is 316 Å². The molecule has 0 bridgehead atoms. The van der Waals surface area contributed by atoms with Gasteiger partial charge in [-0.05, 0) is 133 Å². The maximum Gasteiger partial charge on any atom is 0.196 e. The van der Waals surface area contributed by atoms with Crippen molar-refractivity contribution >= 4 is 89.1 Å². The summed E-state index contributed by atoms with van der Waals surface area (Å²) in [6.45, 7) is 5.67. The fourth-order valence-electron chi connectivity index (χ4n) is 5.62.